The summed E-state index contributed by atoms with van der Waals surface area (Å²) in [5.74, 6) is 0. The van der Waals surface area contributed by atoms with Crippen molar-refractivity contribution in [1.29, 1.82) is 0 Å². The van der Waals surface area contributed by atoms with E-state index in [-0.39, 0.29) is 5.41 Å². The Balaban J connectivity index is 1.26. The first-order valence-electron chi connectivity index (χ1n) is 17.7. The van der Waals surface area contributed by atoms with E-state index in [1.807, 2.05) is 11.3 Å². The van der Waals surface area contributed by atoms with E-state index in [0.29, 0.717) is 0 Å². The summed E-state index contributed by atoms with van der Waals surface area (Å²) in [7, 11) is 0. The molecule has 2 heteroatoms. The van der Waals surface area contributed by atoms with E-state index in [0.717, 1.165) is 11.4 Å². The summed E-state index contributed by atoms with van der Waals surface area (Å²) >= 11 is 1.90. The van der Waals surface area contributed by atoms with Crippen molar-refractivity contribution in [3.05, 3.63) is 187 Å². The van der Waals surface area contributed by atoms with Gasteiger partial charge in [-0.15, -0.1) is 11.3 Å². The third-order valence-electron chi connectivity index (χ3n) is 10.9. The molecule has 0 spiro atoms. The molecule has 0 N–H and O–H groups in total. The second-order valence-electron chi connectivity index (χ2n) is 14.1. The molecule has 1 aliphatic carbocycles. The van der Waals surface area contributed by atoms with Crippen molar-refractivity contribution in [3.63, 3.8) is 0 Å². The van der Waals surface area contributed by atoms with Gasteiger partial charge in [0.2, 0.25) is 0 Å². The van der Waals surface area contributed by atoms with Crippen molar-refractivity contribution in [2.75, 3.05) is 4.90 Å². The minimum Gasteiger partial charge on any atom is -0.310 e. The van der Waals surface area contributed by atoms with Crippen LogP contribution in [0.5, 0.6) is 0 Å². The first-order chi connectivity index (χ1) is 25.1. The Bertz CT molecular complexity index is 2760. The third kappa shape index (κ3) is 4.67. The fourth-order valence-electron chi connectivity index (χ4n) is 8.36. The molecule has 1 nitrogen and oxygen atoms in total. The van der Waals surface area contributed by atoms with Gasteiger partial charge in [0.25, 0.3) is 0 Å². The zero-order valence-electron chi connectivity index (χ0n) is 28.6. The molecule has 0 unspecified atom stereocenters. The predicted octanol–water partition coefficient (Wildman–Crippen LogP) is 14.3. The first kappa shape index (κ1) is 29.9. The van der Waals surface area contributed by atoms with Crippen LogP contribution in [0.1, 0.15) is 25.0 Å². The molecule has 0 saturated carbocycles. The van der Waals surface area contributed by atoms with Gasteiger partial charge in [-0.2, -0.15) is 0 Å². The van der Waals surface area contributed by atoms with Gasteiger partial charge < -0.3 is 4.90 Å². The SMILES string of the molecule is CC1(C)c2ccccc2-c2ccc(N(c3ccc(-c4ccccc4)cc3)c3cc4c(sc5cccc(-c6ccccc6)c54)c4ccccc34)cc21. The number of hydrogen-bond donors (Lipinski definition) is 0. The second-order valence-corrected chi connectivity index (χ2v) is 15.2. The van der Waals surface area contributed by atoms with Crippen molar-refractivity contribution in [2.24, 2.45) is 0 Å². The van der Waals surface area contributed by atoms with Gasteiger partial charge in [0.05, 0.1) is 5.69 Å². The molecule has 0 fully saturated rings. The van der Waals surface area contributed by atoms with Gasteiger partial charge in [0.1, 0.15) is 0 Å². The van der Waals surface area contributed by atoms with Crippen LogP contribution in [0.2, 0.25) is 0 Å². The lowest BCUT2D eigenvalue weighted by Gasteiger charge is -2.29. The second kappa shape index (κ2) is 11.6. The summed E-state index contributed by atoms with van der Waals surface area (Å²) in [6.45, 7) is 4.73. The van der Waals surface area contributed by atoms with Gasteiger partial charge in [-0.3, -0.25) is 0 Å². The molecule has 0 aliphatic heterocycles. The lowest BCUT2D eigenvalue weighted by Crippen LogP contribution is -2.16. The number of fused-ring (bicyclic) bond motifs is 8. The minimum absolute atomic E-state index is 0.106. The quantitative estimate of drug-likeness (QED) is 0.176. The van der Waals surface area contributed by atoms with E-state index in [4.69, 9.17) is 0 Å². The maximum absolute atomic E-state index is 2.49. The molecular formula is C49H35NS. The van der Waals surface area contributed by atoms with E-state index >= 15 is 0 Å². The number of rotatable bonds is 5. The van der Waals surface area contributed by atoms with E-state index in [9.17, 15) is 0 Å². The van der Waals surface area contributed by atoms with E-state index in [2.05, 4.69) is 195 Å². The van der Waals surface area contributed by atoms with Crippen molar-refractivity contribution in [3.8, 4) is 33.4 Å². The van der Waals surface area contributed by atoms with Crippen LogP contribution in [0, 0.1) is 0 Å². The van der Waals surface area contributed by atoms with Crippen molar-refractivity contribution in [2.45, 2.75) is 19.3 Å². The van der Waals surface area contributed by atoms with Gasteiger partial charge in [-0.1, -0.05) is 153 Å². The average molecular weight is 670 g/mol. The largest absolute Gasteiger partial charge is 0.310 e. The van der Waals surface area contributed by atoms with Crippen molar-refractivity contribution < 1.29 is 0 Å². The molecule has 242 valence electrons. The summed E-state index contributed by atoms with van der Waals surface area (Å²) in [5.41, 5.74) is 13.7. The summed E-state index contributed by atoms with van der Waals surface area (Å²) in [6.07, 6.45) is 0. The molecular weight excluding hydrogens is 635 g/mol. The van der Waals surface area contributed by atoms with Gasteiger partial charge in [0.15, 0.2) is 0 Å². The highest BCUT2D eigenvalue weighted by Gasteiger charge is 2.36. The Morgan fingerprint density at radius 1 is 0.431 bits per heavy atom. The molecule has 9 aromatic rings. The van der Waals surface area contributed by atoms with Gasteiger partial charge in [-0.05, 0) is 80.9 Å². The number of benzene rings is 8. The molecule has 10 rings (SSSR count). The fourth-order valence-corrected chi connectivity index (χ4v) is 9.61. The zero-order chi connectivity index (χ0) is 34.1. The molecule has 0 atom stereocenters. The number of nitrogens with zero attached hydrogens (tertiary/aromatic N) is 1. The molecule has 0 bridgehead atoms. The van der Waals surface area contributed by atoms with E-state index < -0.39 is 0 Å². The van der Waals surface area contributed by atoms with Crippen LogP contribution in [0.15, 0.2) is 176 Å². The maximum atomic E-state index is 2.49. The Labute approximate surface area is 302 Å². The first-order valence-corrected chi connectivity index (χ1v) is 18.5. The standard InChI is InChI=1S/C49H35NS/c1-49(2)43-22-12-11-18-38(43)39-29-28-36(30-44(39)49)50(35-26-24-33(25-27-35)32-14-5-3-6-15-32)45-31-42-47-37(34-16-7-4-8-17-34)21-13-23-46(47)51-48(42)41-20-10-9-19-40(41)45/h3-31H,1-2H3. The normalized spacial score (nSPS) is 13.1. The van der Waals surface area contributed by atoms with Crippen LogP contribution in [0.3, 0.4) is 0 Å². The van der Waals surface area contributed by atoms with Crippen LogP contribution < -0.4 is 4.90 Å². The molecule has 1 aliphatic rings. The molecule has 0 amide bonds. The highest BCUT2D eigenvalue weighted by molar-refractivity contribution is 7.26. The van der Waals surface area contributed by atoms with Crippen LogP contribution in [-0.4, -0.2) is 0 Å². The summed E-state index contributed by atoms with van der Waals surface area (Å²) in [5, 5.41) is 5.14. The third-order valence-corrected chi connectivity index (χ3v) is 12.1. The molecule has 0 radical (unpaired) electrons. The molecule has 0 saturated heterocycles. The lowest BCUT2D eigenvalue weighted by molar-refractivity contribution is 0.660. The van der Waals surface area contributed by atoms with Gasteiger partial charge >= 0.3 is 0 Å². The van der Waals surface area contributed by atoms with Crippen LogP contribution >= 0.6 is 11.3 Å². The summed E-state index contributed by atoms with van der Waals surface area (Å²) in [6, 6.07) is 64.8. The highest BCUT2D eigenvalue weighted by Crippen LogP contribution is 2.52. The number of thiophene rings is 1. The molecule has 1 heterocycles. The van der Waals surface area contributed by atoms with Gasteiger partial charge in [0, 0.05) is 47.7 Å². The van der Waals surface area contributed by atoms with Gasteiger partial charge in [-0.25, -0.2) is 0 Å². The van der Waals surface area contributed by atoms with E-state index in [1.165, 1.54) is 81.1 Å². The number of hydrogen-bond acceptors (Lipinski definition) is 2. The molecule has 8 aromatic carbocycles. The lowest BCUT2D eigenvalue weighted by atomic mass is 9.82. The molecule has 1 aromatic heterocycles. The Kier molecular flexibility index (Phi) is 6.78. The Hall–Kier alpha value is -5.96. The Morgan fingerprint density at radius 2 is 1.04 bits per heavy atom. The Morgan fingerprint density at radius 3 is 1.82 bits per heavy atom. The zero-order valence-corrected chi connectivity index (χ0v) is 29.4. The summed E-state index contributed by atoms with van der Waals surface area (Å²) in [4.78, 5) is 2.49. The average Bonchev–Trinajstić information content (AvgIpc) is 3.68. The predicted molar refractivity (Wildman–Crippen MR) is 220 cm³/mol. The minimum atomic E-state index is -0.106. The van der Waals surface area contributed by atoms with E-state index in [1.54, 1.807) is 0 Å². The highest BCUT2D eigenvalue weighted by atomic mass is 32.1. The van der Waals surface area contributed by atoms with Crippen molar-refractivity contribution >= 4 is 59.3 Å². The number of anilines is 3. The van der Waals surface area contributed by atoms with Crippen molar-refractivity contribution in [1.82, 2.24) is 0 Å². The topological polar surface area (TPSA) is 3.24 Å². The monoisotopic (exact) mass is 669 g/mol. The summed E-state index contributed by atoms with van der Waals surface area (Å²) < 4.78 is 2.64. The maximum Gasteiger partial charge on any atom is 0.0547 e. The smallest absolute Gasteiger partial charge is 0.0547 e. The molecule has 51 heavy (non-hydrogen) atoms. The fraction of sp³-hybridized carbons (Fsp3) is 0.0612. The van der Waals surface area contributed by atoms with Crippen LogP contribution in [0.25, 0.3) is 64.3 Å². The van der Waals surface area contributed by atoms with Crippen LogP contribution in [0.4, 0.5) is 17.1 Å². The van der Waals surface area contributed by atoms with Crippen LogP contribution in [-0.2, 0) is 5.41 Å².